The van der Waals surface area contributed by atoms with E-state index in [-0.39, 0.29) is 6.04 Å². The van der Waals surface area contributed by atoms with Gasteiger partial charge in [0.2, 0.25) is 10.0 Å². The average Bonchev–Trinajstić information content (AvgIpc) is 3.59. The molecule has 0 bridgehead atoms. The highest BCUT2D eigenvalue weighted by Crippen LogP contribution is 2.31. The molecule has 0 spiro atoms. The van der Waals surface area contributed by atoms with Gasteiger partial charge in [0.05, 0.1) is 5.69 Å². The van der Waals surface area contributed by atoms with E-state index in [0.717, 1.165) is 55.9 Å². The molecule has 2 aromatic heterocycles. The first-order chi connectivity index (χ1) is 15.3. The van der Waals surface area contributed by atoms with Crippen LogP contribution >= 0.6 is 11.3 Å². The predicted octanol–water partition coefficient (Wildman–Crippen LogP) is 2.34. The standard InChI is InChI=1S/C22H32N6O2S2/c1-16-15-27(19-4-5-19)12-13-28(16)32(29,30)20-6-7-21(23-14-20)25-8-10-26(11-9-25)22-24-17(2)18(3)31-22/h6-7,14,16,19H,4-5,8-13,15H2,1-3H3. The Hall–Kier alpha value is -1.75. The van der Waals surface area contributed by atoms with Gasteiger partial charge in [0.1, 0.15) is 10.7 Å². The van der Waals surface area contributed by atoms with Crippen LogP contribution in [0.2, 0.25) is 0 Å². The lowest BCUT2D eigenvalue weighted by molar-refractivity contribution is 0.137. The molecule has 5 rings (SSSR count). The van der Waals surface area contributed by atoms with E-state index in [1.807, 2.05) is 13.0 Å². The second kappa shape index (κ2) is 8.55. The van der Waals surface area contributed by atoms with Crippen molar-refractivity contribution in [3.05, 3.63) is 28.9 Å². The van der Waals surface area contributed by atoms with Gasteiger partial charge in [-0.3, -0.25) is 4.90 Å². The summed E-state index contributed by atoms with van der Waals surface area (Å²) in [6.45, 7) is 11.8. The van der Waals surface area contributed by atoms with E-state index in [4.69, 9.17) is 0 Å². The van der Waals surface area contributed by atoms with Crippen LogP contribution in [0.25, 0.3) is 0 Å². The van der Waals surface area contributed by atoms with E-state index in [9.17, 15) is 8.42 Å². The van der Waals surface area contributed by atoms with Crippen molar-refractivity contribution >= 4 is 32.3 Å². The van der Waals surface area contributed by atoms with Gasteiger partial charge in [0, 0.05) is 69.0 Å². The number of piperazine rings is 2. The summed E-state index contributed by atoms with van der Waals surface area (Å²) in [5.41, 5.74) is 1.11. The number of pyridine rings is 1. The van der Waals surface area contributed by atoms with Gasteiger partial charge in [-0.2, -0.15) is 4.31 Å². The fourth-order valence-electron chi connectivity index (χ4n) is 4.66. The molecule has 0 amide bonds. The minimum atomic E-state index is -3.52. The summed E-state index contributed by atoms with van der Waals surface area (Å²) in [6.07, 6.45) is 4.04. The molecule has 1 atom stereocenters. The Bertz CT molecular complexity index is 1040. The number of thiazole rings is 1. The van der Waals surface area contributed by atoms with Crippen LogP contribution in [0.15, 0.2) is 23.2 Å². The summed E-state index contributed by atoms with van der Waals surface area (Å²) in [7, 11) is -3.52. The highest BCUT2D eigenvalue weighted by atomic mass is 32.2. The third-order valence-corrected chi connectivity index (χ3v) is 10.0. The molecule has 2 aliphatic heterocycles. The Kier molecular flexibility index (Phi) is 5.90. The summed E-state index contributed by atoms with van der Waals surface area (Å²) in [5, 5.41) is 1.09. The number of anilines is 2. The third kappa shape index (κ3) is 4.25. The minimum absolute atomic E-state index is 0.0137. The zero-order valence-corrected chi connectivity index (χ0v) is 20.7. The van der Waals surface area contributed by atoms with Gasteiger partial charge < -0.3 is 9.80 Å². The van der Waals surface area contributed by atoms with Gasteiger partial charge >= 0.3 is 0 Å². The summed E-state index contributed by atoms with van der Waals surface area (Å²) < 4.78 is 28.1. The van der Waals surface area contributed by atoms with E-state index in [2.05, 4.69) is 38.5 Å². The molecule has 174 valence electrons. The van der Waals surface area contributed by atoms with Crippen LogP contribution < -0.4 is 9.80 Å². The molecule has 0 aromatic carbocycles. The maximum atomic E-state index is 13.2. The number of aromatic nitrogens is 2. The molecule has 3 aliphatic rings. The zero-order valence-electron chi connectivity index (χ0n) is 19.1. The van der Waals surface area contributed by atoms with Crippen LogP contribution in [0.3, 0.4) is 0 Å². The Labute approximate surface area is 194 Å². The Balaban J connectivity index is 1.22. The Morgan fingerprint density at radius 2 is 1.72 bits per heavy atom. The summed E-state index contributed by atoms with van der Waals surface area (Å²) in [4.78, 5) is 17.7. The van der Waals surface area contributed by atoms with Crippen molar-refractivity contribution in [2.45, 2.75) is 50.6 Å². The van der Waals surface area contributed by atoms with Gasteiger partial charge in [0.25, 0.3) is 0 Å². The molecule has 3 fully saturated rings. The normalized spacial score (nSPS) is 23.7. The Morgan fingerprint density at radius 3 is 2.28 bits per heavy atom. The number of hydrogen-bond acceptors (Lipinski definition) is 8. The SMILES string of the molecule is Cc1nc(N2CCN(c3ccc(S(=O)(=O)N4CCN(C5CC5)CC4C)cn3)CC2)sc1C. The van der Waals surface area contributed by atoms with Gasteiger partial charge in [0.15, 0.2) is 5.13 Å². The van der Waals surface area contributed by atoms with E-state index < -0.39 is 10.0 Å². The molecule has 8 nitrogen and oxygen atoms in total. The number of hydrogen-bond donors (Lipinski definition) is 0. The van der Waals surface area contributed by atoms with Crippen LogP contribution in [0, 0.1) is 13.8 Å². The lowest BCUT2D eigenvalue weighted by atomic mass is 10.2. The van der Waals surface area contributed by atoms with Crippen molar-refractivity contribution in [1.29, 1.82) is 0 Å². The first kappa shape index (κ1) is 22.1. The third-order valence-electron chi connectivity index (χ3n) is 6.88. The van der Waals surface area contributed by atoms with E-state index >= 15 is 0 Å². The smallest absolute Gasteiger partial charge is 0.244 e. The molecule has 1 aliphatic carbocycles. The molecular formula is C22H32N6O2S2. The maximum Gasteiger partial charge on any atom is 0.244 e. The van der Waals surface area contributed by atoms with Crippen LogP contribution in [-0.4, -0.2) is 85.5 Å². The van der Waals surface area contributed by atoms with Gasteiger partial charge in [-0.1, -0.05) is 0 Å². The Morgan fingerprint density at radius 1 is 1.00 bits per heavy atom. The molecule has 2 saturated heterocycles. The fourth-order valence-corrected chi connectivity index (χ4v) is 7.18. The molecule has 1 saturated carbocycles. The van der Waals surface area contributed by atoms with Crippen LogP contribution in [0.1, 0.15) is 30.3 Å². The maximum absolute atomic E-state index is 13.2. The number of sulfonamides is 1. The van der Waals surface area contributed by atoms with Crippen molar-refractivity contribution in [2.24, 2.45) is 0 Å². The molecular weight excluding hydrogens is 444 g/mol. The monoisotopic (exact) mass is 476 g/mol. The van der Waals surface area contributed by atoms with E-state index in [1.165, 1.54) is 23.9 Å². The number of nitrogens with zero attached hydrogens (tertiary/aromatic N) is 6. The second-order valence-corrected chi connectivity index (χ2v) is 12.2. The molecule has 10 heteroatoms. The molecule has 1 unspecified atom stereocenters. The van der Waals surface area contributed by atoms with Crippen LogP contribution in [0.4, 0.5) is 10.9 Å². The highest BCUT2D eigenvalue weighted by Gasteiger charge is 2.38. The van der Waals surface area contributed by atoms with Crippen molar-refractivity contribution in [3.63, 3.8) is 0 Å². The van der Waals surface area contributed by atoms with Crippen LogP contribution in [-0.2, 0) is 10.0 Å². The summed E-state index contributed by atoms with van der Waals surface area (Å²) in [5.74, 6) is 0.835. The molecule has 0 N–H and O–H groups in total. The highest BCUT2D eigenvalue weighted by molar-refractivity contribution is 7.89. The van der Waals surface area contributed by atoms with E-state index in [0.29, 0.717) is 17.5 Å². The summed E-state index contributed by atoms with van der Waals surface area (Å²) in [6, 6.07) is 4.23. The average molecular weight is 477 g/mol. The van der Waals surface area contributed by atoms with Crippen molar-refractivity contribution in [1.82, 2.24) is 19.2 Å². The lowest BCUT2D eigenvalue weighted by Crippen LogP contribution is -2.54. The molecule has 4 heterocycles. The fraction of sp³-hybridized carbons (Fsp3) is 0.636. The number of aryl methyl sites for hydroxylation is 2. The molecule has 0 radical (unpaired) electrons. The van der Waals surface area contributed by atoms with Gasteiger partial charge in [-0.15, -0.1) is 11.3 Å². The lowest BCUT2D eigenvalue weighted by Gasteiger charge is -2.39. The van der Waals surface area contributed by atoms with Crippen molar-refractivity contribution in [3.8, 4) is 0 Å². The van der Waals surface area contributed by atoms with Crippen LogP contribution in [0.5, 0.6) is 0 Å². The van der Waals surface area contributed by atoms with Crippen molar-refractivity contribution in [2.75, 3.05) is 55.6 Å². The second-order valence-electron chi connectivity index (χ2n) is 9.16. The molecule has 32 heavy (non-hydrogen) atoms. The largest absolute Gasteiger partial charge is 0.353 e. The van der Waals surface area contributed by atoms with Gasteiger partial charge in [-0.05, 0) is 45.7 Å². The van der Waals surface area contributed by atoms with Crippen molar-refractivity contribution < 1.29 is 8.42 Å². The van der Waals surface area contributed by atoms with E-state index in [1.54, 1.807) is 21.7 Å². The predicted molar refractivity (Wildman–Crippen MR) is 128 cm³/mol. The summed E-state index contributed by atoms with van der Waals surface area (Å²) >= 11 is 1.75. The minimum Gasteiger partial charge on any atom is -0.353 e. The quantitative estimate of drug-likeness (QED) is 0.656. The van der Waals surface area contributed by atoms with Gasteiger partial charge in [-0.25, -0.2) is 18.4 Å². The number of rotatable bonds is 5. The topological polar surface area (TPSA) is 72.9 Å². The first-order valence-corrected chi connectivity index (χ1v) is 13.7. The zero-order chi connectivity index (χ0) is 22.5. The molecule has 2 aromatic rings. The first-order valence-electron chi connectivity index (χ1n) is 11.5.